The zero-order valence-electron chi connectivity index (χ0n) is 17.6. The van der Waals surface area contributed by atoms with Crippen molar-refractivity contribution in [2.24, 2.45) is 11.8 Å². The van der Waals surface area contributed by atoms with Crippen molar-refractivity contribution in [1.82, 2.24) is 0 Å². The predicted octanol–water partition coefficient (Wildman–Crippen LogP) is 5.90. The summed E-state index contributed by atoms with van der Waals surface area (Å²) in [4.78, 5) is 10.2. The van der Waals surface area contributed by atoms with Gasteiger partial charge in [0.15, 0.2) is 7.37 Å². The summed E-state index contributed by atoms with van der Waals surface area (Å²) in [6.07, 6.45) is 3.60. The van der Waals surface area contributed by atoms with Crippen LogP contribution in [0.2, 0.25) is 0 Å². The lowest BCUT2D eigenvalue weighted by Gasteiger charge is -2.23. The van der Waals surface area contributed by atoms with Crippen molar-refractivity contribution in [3.63, 3.8) is 0 Å². The topological polar surface area (TPSA) is 77.8 Å². The second-order valence-corrected chi connectivity index (χ2v) is 12.6. The van der Waals surface area contributed by atoms with Crippen molar-refractivity contribution in [3.8, 4) is 0 Å². The van der Waals surface area contributed by atoms with Gasteiger partial charge in [-0.3, -0.25) is 4.57 Å². The Morgan fingerprint density at radius 2 is 1.90 bits per heavy atom. The molecule has 0 aliphatic heterocycles. The van der Waals surface area contributed by atoms with Crippen molar-refractivity contribution in [2.75, 3.05) is 12.8 Å². The summed E-state index contributed by atoms with van der Waals surface area (Å²) < 4.78 is 27.0. The molecule has 1 fully saturated rings. The predicted molar refractivity (Wildman–Crippen MR) is 122 cm³/mol. The Morgan fingerprint density at radius 1 is 1.17 bits per heavy atom. The molecule has 1 aliphatic carbocycles. The van der Waals surface area contributed by atoms with Gasteiger partial charge in [-0.25, -0.2) is 4.39 Å². The number of hydrogen-bond acceptors (Lipinski definition) is 4. The fourth-order valence-corrected chi connectivity index (χ4v) is 6.63. The lowest BCUT2D eigenvalue weighted by atomic mass is 9.85. The van der Waals surface area contributed by atoms with E-state index in [2.05, 4.69) is 0 Å². The average Bonchev–Trinajstić information content (AvgIpc) is 3.22. The van der Waals surface area contributed by atoms with Gasteiger partial charge in [0.25, 0.3) is 0 Å². The number of halogens is 1. The maximum atomic E-state index is 14.6. The molecule has 168 valence electrons. The van der Waals surface area contributed by atoms with Crippen molar-refractivity contribution in [1.29, 1.82) is 0 Å². The molecular formula is C23H34FO4PS. The summed E-state index contributed by atoms with van der Waals surface area (Å²) in [5.74, 6) is -0.276. The summed E-state index contributed by atoms with van der Waals surface area (Å²) in [5, 5.41) is 22.1. The van der Waals surface area contributed by atoms with Crippen LogP contribution in [0.5, 0.6) is 0 Å². The third-order valence-electron chi connectivity index (χ3n) is 6.38. The highest BCUT2D eigenvalue weighted by Gasteiger charge is 2.42. The highest BCUT2D eigenvalue weighted by molar-refractivity contribution is 7.57. The molecule has 0 spiro atoms. The van der Waals surface area contributed by atoms with Crippen LogP contribution in [0.15, 0.2) is 30.3 Å². The lowest BCUT2D eigenvalue weighted by Crippen LogP contribution is -2.21. The van der Waals surface area contributed by atoms with Crippen LogP contribution in [0.3, 0.4) is 0 Å². The largest absolute Gasteiger partial charge is 0.393 e. The molecule has 1 aliphatic rings. The third kappa shape index (κ3) is 6.61. The Morgan fingerprint density at radius 3 is 2.63 bits per heavy atom. The summed E-state index contributed by atoms with van der Waals surface area (Å²) >= 11 is 1.58. The first-order valence-electron chi connectivity index (χ1n) is 11.0. The Hall–Kier alpha value is -0.780. The van der Waals surface area contributed by atoms with Gasteiger partial charge in [-0.2, -0.15) is 0 Å². The van der Waals surface area contributed by atoms with E-state index in [1.54, 1.807) is 11.3 Å². The van der Waals surface area contributed by atoms with Gasteiger partial charge in [-0.15, -0.1) is 11.3 Å². The Labute approximate surface area is 182 Å². The molecule has 1 aromatic carbocycles. The van der Waals surface area contributed by atoms with Gasteiger partial charge < -0.3 is 15.1 Å². The molecule has 6 atom stereocenters. The number of aliphatic hydroxyl groups is 2. The molecule has 0 amide bonds. The Balaban J connectivity index is 1.47. The number of aliphatic hydroxyl groups excluding tert-OH is 2. The molecule has 0 bridgehead atoms. The van der Waals surface area contributed by atoms with Crippen LogP contribution in [0.4, 0.5) is 4.39 Å². The second kappa shape index (κ2) is 10.7. The van der Waals surface area contributed by atoms with E-state index >= 15 is 0 Å². The van der Waals surface area contributed by atoms with E-state index < -0.39 is 25.7 Å². The van der Waals surface area contributed by atoms with Gasteiger partial charge in [0.1, 0.15) is 6.17 Å². The first kappa shape index (κ1) is 23.9. The van der Waals surface area contributed by atoms with E-state index in [-0.39, 0.29) is 18.3 Å². The van der Waals surface area contributed by atoms with Crippen LogP contribution in [-0.2, 0) is 4.57 Å². The quantitative estimate of drug-likeness (QED) is 0.291. The second-order valence-electron chi connectivity index (χ2n) is 8.90. The minimum atomic E-state index is -2.93. The fourth-order valence-electron chi connectivity index (χ4n) is 4.73. The smallest absolute Gasteiger partial charge is 0.197 e. The highest BCUT2D eigenvalue weighted by Crippen LogP contribution is 2.42. The monoisotopic (exact) mass is 456 g/mol. The molecule has 2 aromatic rings. The summed E-state index contributed by atoms with van der Waals surface area (Å²) in [6.45, 7) is 1.39. The van der Waals surface area contributed by atoms with Gasteiger partial charge >= 0.3 is 0 Å². The molecule has 0 saturated heterocycles. The summed E-state index contributed by atoms with van der Waals surface area (Å²) in [6, 6.07) is 10.0. The van der Waals surface area contributed by atoms with Crippen LogP contribution >= 0.6 is 18.7 Å². The fraction of sp³-hybridized carbons (Fsp3) is 0.652. The molecule has 3 rings (SSSR count). The maximum Gasteiger partial charge on any atom is 0.197 e. The van der Waals surface area contributed by atoms with Crippen LogP contribution < -0.4 is 0 Å². The van der Waals surface area contributed by atoms with E-state index in [0.717, 1.165) is 47.1 Å². The molecular weight excluding hydrogens is 422 g/mol. The number of rotatable bonds is 11. The Bertz CT molecular complexity index is 818. The van der Waals surface area contributed by atoms with Gasteiger partial charge in [-0.05, 0) is 55.0 Å². The van der Waals surface area contributed by atoms with Gasteiger partial charge in [0.05, 0.1) is 12.2 Å². The minimum absolute atomic E-state index is 0.0651. The molecule has 1 aromatic heterocycles. The van der Waals surface area contributed by atoms with Crippen molar-refractivity contribution in [2.45, 2.75) is 69.7 Å². The molecule has 3 N–H and O–H groups in total. The van der Waals surface area contributed by atoms with Gasteiger partial charge in [0.2, 0.25) is 0 Å². The number of unbranched alkanes of at least 4 members (excludes halogenated alkanes) is 3. The first-order valence-corrected chi connectivity index (χ1v) is 14.1. The molecule has 1 unspecified atom stereocenters. The van der Waals surface area contributed by atoms with E-state index in [1.165, 1.54) is 6.66 Å². The Kier molecular flexibility index (Phi) is 8.51. The summed E-state index contributed by atoms with van der Waals surface area (Å²) in [7, 11) is -2.93. The number of hydrogen-bond donors (Lipinski definition) is 3. The number of alkyl halides is 1. The standard InChI is InChI=1S/C23H34FO4PS/c1-29(27,28)13-7-3-2-4-9-18-17(19(24)15-21(18)26)11-12-20(25)23-14-16-8-5-6-10-22(16)30-23/h5-6,8,10,14,17-21,25-26H,2-4,7,9,11-13,15H2,1H3,(H,27,28)/t17-,18-,19+,20+,21+/m1/s1. The zero-order valence-corrected chi connectivity index (χ0v) is 19.3. The number of fused-ring (bicyclic) bond motifs is 1. The van der Waals surface area contributed by atoms with Crippen LogP contribution in [0.1, 0.15) is 62.3 Å². The average molecular weight is 457 g/mol. The molecule has 0 radical (unpaired) electrons. The van der Waals surface area contributed by atoms with E-state index in [0.29, 0.717) is 19.0 Å². The third-order valence-corrected chi connectivity index (χ3v) is 8.75. The van der Waals surface area contributed by atoms with Crippen molar-refractivity contribution < 1.29 is 24.1 Å². The molecule has 1 saturated carbocycles. The normalized spacial score (nSPS) is 27.4. The van der Waals surface area contributed by atoms with Gasteiger partial charge in [0, 0.05) is 28.8 Å². The van der Waals surface area contributed by atoms with E-state index in [1.807, 2.05) is 30.3 Å². The van der Waals surface area contributed by atoms with Crippen LogP contribution in [0.25, 0.3) is 10.1 Å². The van der Waals surface area contributed by atoms with Gasteiger partial charge in [-0.1, -0.05) is 37.5 Å². The molecule has 7 heteroatoms. The maximum absolute atomic E-state index is 14.6. The van der Waals surface area contributed by atoms with Crippen molar-refractivity contribution >= 4 is 28.8 Å². The number of thiophene rings is 1. The zero-order chi connectivity index (χ0) is 21.7. The van der Waals surface area contributed by atoms with Crippen molar-refractivity contribution in [3.05, 3.63) is 35.2 Å². The molecule has 30 heavy (non-hydrogen) atoms. The molecule has 4 nitrogen and oxygen atoms in total. The van der Waals surface area contributed by atoms with Crippen LogP contribution in [-0.4, -0.2) is 40.2 Å². The SMILES string of the molecule is CP(=O)(O)CCCCCC[C@@H]1[C@@H](CC[C@H](O)c2cc3ccccc3s2)[C@@H](F)C[C@@H]1O. The number of benzene rings is 1. The van der Waals surface area contributed by atoms with Crippen LogP contribution in [0, 0.1) is 11.8 Å². The first-order chi connectivity index (χ1) is 14.2. The van der Waals surface area contributed by atoms with E-state index in [4.69, 9.17) is 0 Å². The molecule has 1 heterocycles. The summed E-state index contributed by atoms with van der Waals surface area (Å²) in [5.41, 5.74) is 0. The van der Waals surface area contributed by atoms with E-state index in [9.17, 15) is 24.1 Å². The highest BCUT2D eigenvalue weighted by atomic mass is 32.1. The minimum Gasteiger partial charge on any atom is -0.393 e. The lowest BCUT2D eigenvalue weighted by molar-refractivity contribution is 0.0971.